The molecule has 3 rings (SSSR count). The number of carbonyl (C=O) groups is 1. The number of nitrogen functional groups attached to an aromatic ring is 1. The molecule has 0 aliphatic carbocycles. The summed E-state index contributed by atoms with van der Waals surface area (Å²) in [5, 5.41) is 3.10. The number of hydrogen-bond acceptors (Lipinski definition) is 6. The van der Waals surface area contributed by atoms with Gasteiger partial charge in [0.1, 0.15) is 0 Å². The highest BCUT2D eigenvalue weighted by molar-refractivity contribution is 5.95. The topological polar surface area (TPSA) is 93.4 Å². The molecule has 1 aromatic heterocycles. The van der Waals surface area contributed by atoms with Gasteiger partial charge in [0.25, 0.3) is 5.91 Å². The maximum atomic E-state index is 12.7. The van der Waals surface area contributed by atoms with E-state index in [0.29, 0.717) is 17.9 Å². The van der Waals surface area contributed by atoms with Gasteiger partial charge in [-0.2, -0.15) is 0 Å². The van der Waals surface area contributed by atoms with Gasteiger partial charge in [0.05, 0.1) is 17.8 Å². The van der Waals surface area contributed by atoms with Crippen LogP contribution >= 0.6 is 0 Å². The number of nitrogens with zero attached hydrogens (tertiary/aromatic N) is 3. The SMILES string of the molecule is CCO[C@@H]1CN(C)C[C@H]1NC(=O)c1cccc(-c2cc(C)nc(N)n2)c1. The second-order valence-corrected chi connectivity index (χ2v) is 6.63. The molecule has 7 nitrogen and oxygen atoms in total. The fourth-order valence-corrected chi connectivity index (χ4v) is 3.29. The van der Waals surface area contributed by atoms with Crippen molar-refractivity contribution in [3.63, 3.8) is 0 Å². The minimum Gasteiger partial charge on any atom is -0.375 e. The van der Waals surface area contributed by atoms with Gasteiger partial charge in [0.15, 0.2) is 0 Å². The number of nitrogens with one attached hydrogen (secondary N) is 1. The van der Waals surface area contributed by atoms with Crippen molar-refractivity contribution in [1.29, 1.82) is 0 Å². The molecule has 0 spiro atoms. The lowest BCUT2D eigenvalue weighted by atomic mass is 10.1. The lowest BCUT2D eigenvalue weighted by Crippen LogP contribution is -2.44. The van der Waals surface area contributed by atoms with E-state index < -0.39 is 0 Å². The van der Waals surface area contributed by atoms with Crippen LogP contribution in [0.15, 0.2) is 30.3 Å². The summed E-state index contributed by atoms with van der Waals surface area (Å²) >= 11 is 0. The first-order valence-electron chi connectivity index (χ1n) is 8.79. The maximum Gasteiger partial charge on any atom is 0.251 e. The van der Waals surface area contributed by atoms with Crippen molar-refractivity contribution in [3.05, 3.63) is 41.6 Å². The van der Waals surface area contributed by atoms with Gasteiger partial charge >= 0.3 is 0 Å². The predicted molar refractivity (Wildman–Crippen MR) is 101 cm³/mol. The highest BCUT2D eigenvalue weighted by atomic mass is 16.5. The number of ether oxygens (including phenoxy) is 1. The maximum absolute atomic E-state index is 12.7. The van der Waals surface area contributed by atoms with Gasteiger partial charge in [-0.3, -0.25) is 4.79 Å². The average molecular weight is 355 g/mol. The van der Waals surface area contributed by atoms with E-state index in [4.69, 9.17) is 10.5 Å². The summed E-state index contributed by atoms with van der Waals surface area (Å²) in [4.78, 5) is 23.2. The molecular weight excluding hydrogens is 330 g/mol. The number of aromatic nitrogens is 2. The third-order valence-electron chi connectivity index (χ3n) is 4.44. The Morgan fingerprint density at radius 1 is 1.35 bits per heavy atom. The van der Waals surface area contributed by atoms with E-state index >= 15 is 0 Å². The van der Waals surface area contributed by atoms with Crippen molar-refractivity contribution in [2.24, 2.45) is 0 Å². The van der Waals surface area contributed by atoms with Crippen LogP contribution in [0.3, 0.4) is 0 Å². The molecule has 2 atom stereocenters. The summed E-state index contributed by atoms with van der Waals surface area (Å²) in [6, 6.07) is 9.20. The first-order valence-corrected chi connectivity index (χ1v) is 8.79. The molecule has 1 amide bonds. The van der Waals surface area contributed by atoms with Crippen LogP contribution in [-0.4, -0.2) is 59.7 Å². The van der Waals surface area contributed by atoms with Crippen LogP contribution in [0.25, 0.3) is 11.3 Å². The van der Waals surface area contributed by atoms with E-state index in [1.807, 2.05) is 45.2 Å². The Morgan fingerprint density at radius 2 is 2.15 bits per heavy atom. The first-order chi connectivity index (χ1) is 12.5. The first kappa shape index (κ1) is 18.3. The van der Waals surface area contributed by atoms with E-state index in [2.05, 4.69) is 20.2 Å². The number of rotatable bonds is 5. The van der Waals surface area contributed by atoms with Crippen molar-refractivity contribution in [2.75, 3.05) is 32.5 Å². The smallest absolute Gasteiger partial charge is 0.251 e. The molecule has 1 saturated heterocycles. The number of benzene rings is 1. The van der Waals surface area contributed by atoms with E-state index in [-0.39, 0.29) is 24.0 Å². The molecule has 0 unspecified atom stereocenters. The molecule has 26 heavy (non-hydrogen) atoms. The molecule has 3 N–H and O–H groups in total. The number of likely N-dealkylation sites (N-methyl/N-ethyl adjacent to an activating group) is 1. The monoisotopic (exact) mass is 355 g/mol. The number of anilines is 1. The summed E-state index contributed by atoms with van der Waals surface area (Å²) < 4.78 is 5.75. The lowest BCUT2D eigenvalue weighted by molar-refractivity contribution is 0.0513. The Kier molecular flexibility index (Phi) is 5.49. The summed E-state index contributed by atoms with van der Waals surface area (Å²) in [6.45, 7) is 6.06. The van der Waals surface area contributed by atoms with Crippen LogP contribution in [-0.2, 0) is 4.74 Å². The quantitative estimate of drug-likeness (QED) is 0.844. The van der Waals surface area contributed by atoms with E-state index in [1.165, 1.54) is 0 Å². The zero-order valence-electron chi connectivity index (χ0n) is 15.4. The van der Waals surface area contributed by atoms with Gasteiger partial charge in [-0.25, -0.2) is 9.97 Å². The minimum atomic E-state index is -0.115. The molecule has 2 heterocycles. The second-order valence-electron chi connectivity index (χ2n) is 6.63. The van der Waals surface area contributed by atoms with Crippen molar-refractivity contribution in [2.45, 2.75) is 26.0 Å². The highest BCUT2D eigenvalue weighted by Crippen LogP contribution is 2.20. The fourth-order valence-electron chi connectivity index (χ4n) is 3.29. The van der Waals surface area contributed by atoms with Gasteiger partial charge in [-0.05, 0) is 39.1 Å². The molecule has 138 valence electrons. The van der Waals surface area contributed by atoms with Gasteiger partial charge < -0.3 is 20.7 Å². The number of nitrogens with two attached hydrogens (primary N) is 1. The standard InChI is InChI=1S/C19H25N5O2/c1-4-26-17-11-24(3)10-16(17)22-18(25)14-7-5-6-13(9-14)15-8-12(2)21-19(20)23-15/h5-9,16-17H,4,10-11H2,1-3H3,(H,22,25)(H2,20,21,23)/t16-,17-/m1/s1. The van der Waals surface area contributed by atoms with E-state index in [1.54, 1.807) is 6.07 Å². The fraction of sp³-hybridized carbons (Fsp3) is 0.421. The van der Waals surface area contributed by atoms with Crippen molar-refractivity contribution in [3.8, 4) is 11.3 Å². The largest absolute Gasteiger partial charge is 0.375 e. The van der Waals surface area contributed by atoms with Gasteiger partial charge in [0, 0.05) is 36.5 Å². The number of likely N-dealkylation sites (tertiary alicyclic amines) is 1. The number of hydrogen-bond donors (Lipinski definition) is 2. The predicted octanol–water partition coefficient (Wildman–Crippen LogP) is 1.48. The van der Waals surface area contributed by atoms with Crippen molar-refractivity contribution >= 4 is 11.9 Å². The Bertz CT molecular complexity index is 775. The van der Waals surface area contributed by atoms with Crippen LogP contribution in [0.4, 0.5) is 5.95 Å². The second kappa shape index (κ2) is 7.80. The molecule has 1 fully saturated rings. The third-order valence-corrected chi connectivity index (χ3v) is 4.44. The Hall–Kier alpha value is -2.51. The molecule has 7 heteroatoms. The summed E-state index contributed by atoms with van der Waals surface area (Å²) in [6.07, 6.45) is 0.0152. The molecular formula is C19H25N5O2. The normalized spacial score (nSPS) is 20.3. The van der Waals surface area contributed by atoms with Crippen molar-refractivity contribution < 1.29 is 9.53 Å². The molecule has 1 aromatic carbocycles. The van der Waals surface area contributed by atoms with Gasteiger partial charge in [-0.15, -0.1) is 0 Å². The van der Waals surface area contributed by atoms with Crippen LogP contribution in [0.5, 0.6) is 0 Å². The molecule has 2 aromatic rings. The molecule has 0 saturated carbocycles. The average Bonchev–Trinajstić information content (AvgIpc) is 2.93. The Labute approximate surface area is 153 Å². The van der Waals surface area contributed by atoms with Crippen LogP contribution in [0.2, 0.25) is 0 Å². The van der Waals surface area contributed by atoms with Gasteiger partial charge in [0.2, 0.25) is 5.95 Å². The summed E-state index contributed by atoms with van der Waals surface area (Å²) in [5.41, 5.74) is 8.65. The third kappa shape index (κ3) is 4.17. The van der Waals surface area contributed by atoms with Crippen molar-refractivity contribution in [1.82, 2.24) is 20.2 Å². The molecule has 0 radical (unpaired) electrons. The Balaban J connectivity index is 1.78. The molecule has 1 aliphatic heterocycles. The van der Waals surface area contributed by atoms with Crippen LogP contribution < -0.4 is 11.1 Å². The number of aryl methyl sites for hydroxylation is 1. The number of amides is 1. The Morgan fingerprint density at radius 3 is 2.88 bits per heavy atom. The minimum absolute atomic E-state index is 0.0152. The molecule has 0 bridgehead atoms. The summed E-state index contributed by atoms with van der Waals surface area (Å²) in [5.74, 6) is 0.110. The highest BCUT2D eigenvalue weighted by Gasteiger charge is 2.32. The zero-order chi connectivity index (χ0) is 18.7. The van der Waals surface area contributed by atoms with E-state index in [9.17, 15) is 4.79 Å². The van der Waals surface area contributed by atoms with Crippen LogP contribution in [0.1, 0.15) is 23.0 Å². The summed E-state index contributed by atoms with van der Waals surface area (Å²) in [7, 11) is 2.03. The molecule has 1 aliphatic rings. The number of carbonyl (C=O) groups excluding carboxylic acids is 1. The van der Waals surface area contributed by atoms with Gasteiger partial charge in [-0.1, -0.05) is 12.1 Å². The van der Waals surface area contributed by atoms with Crippen LogP contribution in [0, 0.1) is 6.92 Å². The zero-order valence-corrected chi connectivity index (χ0v) is 15.4. The van der Waals surface area contributed by atoms with E-state index in [0.717, 1.165) is 24.3 Å². The lowest BCUT2D eigenvalue weighted by Gasteiger charge is -2.20.